The molecule has 0 aromatic carbocycles. The molecule has 2 nitrogen and oxygen atoms in total. The summed E-state index contributed by atoms with van der Waals surface area (Å²) in [7, 11) is 0. The van der Waals surface area contributed by atoms with E-state index in [0.29, 0.717) is 0 Å². The topological polar surface area (TPSA) is 30.0 Å². The summed E-state index contributed by atoms with van der Waals surface area (Å²) in [5.74, 6) is -0.759. The highest BCUT2D eigenvalue weighted by molar-refractivity contribution is 6.33. The molecule has 1 heterocycles. The predicted molar refractivity (Wildman–Crippen MR) is 43.8 cm³/mol. The number of halogens is 2. The van der Waals surface area contributed by atoms with E-state index in [0.717, 1.165) is 6.20 Å². The van der Waals surface area contributed by atoms with Gasteiger partial charge in [0, 0.05) is 0 Å². The average molecular weight is 188 g/mol. The molecule has 0 bridgehead atoms. The van der Waals surface area contributed by atoms with Crippen LogP contribution in [0.15, 0.2) is 18.3 Å². The maximum atomic E-state index is 12.3. The van der Waals surface area contributed by atoms with Gasteiger partial charge in [-0.15, -0.1) is 11.6 Å². The molecule has 1 aromatic rings. The Morgan fingerprint density at radius 1 is 1.67 bits per heavy atom. The lowest BCUT2D eigenvalue weighted by molar-refractivity contribution is 0.0987. The van der Waals surface area contributed by atoms with Gasteiger partial charge >= 0.3 is 0 Å². The van der Waals surface area contributed by atoms with Crippen LogP contribution in [0, 0.1) is 5.82 Å². The number of nitrogens with zero attached hydrogens (tertiary/aromatic N) is 1. The minimum atomic E-state index is -0.622. The summed E-state index contributed by atoms with van der Waals surface area (Å²) in [4.78, 5) is 14.7. The van der Waals surface area contributed by atoms with Gasteiger partial charge in [0.25, 0.3) is 0 Å². The van der Waals surface area contributed by atoms with Crippen molar-refractivity contribution in [2.75, 3.05) is 0 Å². The normalized spacial score (nSPS) is 12.6. The molecule has 0 N–H and O–H groups in total. The Hall–Kier alpha value is -0.960. The molecule has 0 aliphatic heterocycles. The Bertz CT molecular complexity index is 284. The van der Waals surface area contributed by atoms with Gasteiger partial charge in [-0.1, -0.05) is 0 Å². The van der Waals surface area contributed by atoms with Crippen molar-refractivity contribution in [3.05, 3.63) is 29.8 Å². The fourth-order valence-electron chi connectivity index (χ4n) is 0.725. The molecule has 1 rings (SSSR count). The molecule has 0 saturated heterocycles. The van der Waals surface area contributed by atoms with Crippen LogP contribution in [0.1, 0.15) is 17.4 Å². The molecule has 12 heavy (non-hydrogen) atoms. The number of ketones is 1. The molecular weight excluding hydrogens is 181 g/mol. The number of Topliss-reactive ketones (excluding diaryl/α,β-unsaturated/α-hetero) is 1. The van der Waals surface area contributed by atoms with Crippen molar-refractivity contribution in [3.63, 3.8) is 0 Å². The van der Waals surface area contributed by atoms with Crippen molar-refractivity contribution in [1.82, 2.24) is 4.98 Å². The first kappa shape index (κ1) is 9.13. The summed E-state index contributed by atoms with van der Waals surface area (Å²) in [5, 5.41) is -0.622. The molecule has 0 saturated carbocycles. The highest BCUT2D eigenvalue weighted by atomic mass is 35.5. The lowest BCUT2D eigenvalue weighted by atomic mass is 10.2. The third-order valence-electron chi connectivity index (χ3n) is 1.34. The lowest BCUT2D eigenvalue weighted by Gasteiger charge is -1.99. The SMILES string of the molecule is CC(Cl)C(=O)c1ccc(F)cn1. The molecule has 64 valence electrons. The maximum absolute atomic E-state index is 12.3. The van der Waals surface area contributed by atoms with Crippen molar-refractivity contribution in [3.8, 4) is 0 Å². The standard InChI is InChI=1S/C8H7ClFNO/c1-5(9)8(12)7-3-2-6(10)4-11-7/h2-5H,1H3. The Morgan fingerprint density at radius 2 is 2.33 bits per heavy atom. The highest BCUT2D eigenvalue weighted by Gasteiger charge is 2.12. The van der Waals surface area contributed by atoms with Gasteiger partial charge in [-0.05, 0) is 19.1 Å². The maximum Gasteiger partial charge on any atom is 0.198 e. The second kappa shape index (κ2) is 3.63. The monoisotopic (exact) mass is 187 g/mol. The number of hydrogen-bond acceptors (Lipinski definition) is 2. The van der Waals surface area contributed by atoms with Crippen LogP contribution in [-0.2, 0) is 0 Å². The predicted octanol–water partition coefficient (Wildman–Crippen LogP) is 2.03. The van der Waals surface area contributed by atoms with E-state index in [2.05, 4.69) is 4.98 Å². The van der Waals surface area contributed by atoms with Crippen molar-refractivity contribution in [2.24, 2.45) is 0 Å². The van der Waals surface area contributed by atoms with Gasteiger partial charge in [-0.2, -0.15) is 0 Å². The number of pyridine rings is 1. The molecule has 1 atom stereocenters. The molecule has 0 radical (unpaired) electrons. The van der Waals surface area contributed by atoms with E-state index in [1.807, 2.05) is 0 Å². The molecule has 1 unspecified atom stereocenters. The van der Waals surface area contributed by atoms with Gasteiger partial charge in [0.1, 0.15) is 11.5 Å². The summed E-state index contributed by atoms with van der Waals surface area (Å²) in [6.07, 6.45) is 0.993. The zero-order valence-electron chi connectivity index (χ0n) is 6.42. The van der Waals surface area contributed by atoms with E-state index < -0.39 is 11.2 Å². The van der Waals surface area contributed by atoms with Crippen LogP contribution in [-0.4, -0.2) is 16.1 Å². The zero-order valence-corrected chi connectivity index (χ0v) is 7.18. The number of carbonyl (C=O) groups excluding carboxylic acids is 1. The fourth-order valence-corrected chi connectivity index (χ4v) is 0.837. The number of hydrogen-bond donors (Lipinski definition) is 0. The smallest absolute Gasteiger partial charge is 0.198 e. The second-order valence-electron chi connectivity index (χ2n) is 2.34. The second-order valence-corrected chi connectivity index (χ2v) is 3.00. The molecule has 0 spiro atoms. The zero-order chi connectivity index (χ0) is 9.14. The minimum Gasteiger partial charge on any atom is -0.291 e. The summed E-state index contributed by atoms with van der Waals surface area (Å²) in [6.45, 7) is 1.55. The Kier molecular flexibility index (Phi) is 2.76. The van der Waals surface area contributed by atoms with Gasteiger partial charge in [-0.3, -0.25) is 9.78 Å². The molecule has 0 aliphatic carbocycles. The van der Waals surface area contributed by atoms with E-state index >= 15 is 0 Å². The van der Waals surface area contributed by atoms with Crippen LogP contribution in [0.3, 0.4) is 0 Å². The molecular formula is C8H7ClFNO. The van der Waals surface area contributed by atoms with Crippen LogP contribution < -0.4 is 0 Å². The van der Waals surface area contributed by atoms with Gasteiger partial charge in [0.05, 0.1) is 11.6 Å². The summed E-state index contributed by atoms with van der Waals surface area (Å²) in [5.41, 5.74) is 0.193. The van der Waals surface area contributed by atoms with Crippen LogP contribution in [0.25, 0.3) is 0 Å². The first-order valence-electron chi connectivity index (χ1n) is 3.41. The Morgan fingerprint density at radius 3 is 2.75 bits per heavy atom. The Balaban J connectivity index is 2.90. The van der Waals surface area contributed by atoms with Crippen molar-refractivity contribution < 1.29 is 9.18 Å². The van der Waals surface area contributed by atoms with Crippen molar-refractivity contribution in [1.29, 1.82) is 0 Å². The number of aromatic nitrogens is 1. The molecule has 4 heteroatoms. The largest absolute Gasteiger partial charge is 0.291 e. The first-order chi connectivity index (χ1) is 5.61. The number of alkyl halides is 1. The van der Waals surface area contributed by atoms with Gasteiger partial charge in [0.2, 0.25) is 0 Å². The minimum absolute atomic E-state index is 0.193. The Labute approximate surface area is 74.4 Å². The van der Waals surface area contributed by atoms with E-state index in [4.69, 9.17) is 11.6 Å². The summed E-state index contributed by atoms with van der Waals surface area (Å²) >= 11 is 5.52. The fraction of sp³-hybridized carbons (Fsp3) is 0.250. The van der Waals surface area contributed by atoms with Crippen LogP contribution in [0.2, 0.25) is 0 Å². The number of rotatable bonds is 2. The van der Waals surface area contributed by atoms with Crippen molar-refractivity contribution in [2.45, 2.75) is 12.3 Å². The van der Waals surface area contributed by atoms with Gasteiger partial charge < -0.3 is 0 Å². The summed E-state index contributed by atoms with van der Waals surface area (Å²) in [6, 6.07) is 2.50. The van der Waals surface area contributed by atoms with E-state index in [9.17, 15) is 9.18 Å². The first-order valence-corrected chi connectivity index (χ1v) is 3.84. The third kappa shape index (κ3) is 2.01. The third-order valence-corrected chi connectivity index (χ3v) is 1.54. The van der Waals surface area contributed by atoms with Crippen LogP contribution >= 0.6 is 11.6 Å². The quantitative estimate of drug-likeness (QED) is 0.524. The summed E-state index contributed by atoms with van der Waals surface area (Å²) < 4.78 is 12.3. The van der Waals surface area contributed by atoms with Gasteiger partial charge in [0.15, 0.2) is 5.78 Å². The van der Waals surface area contributed by atoms with Crippen LogP contribution in [0.4, 0.5) is 4.39 Å². The average Bonchev–Trinajstić information content (AvgIpc) is 2.04. The van der Waals surface area contributed by atoms with Crippen LogP contribution in [0.5, 0.6) is 0 Å². The number of carbonyl (C=O) groups is 1. The lowest BCUT2D eigenvalue weighted by Crippen LogP contribution is -2.12. The molecule has 0 amide bonds. The van der Waals surface area contributed by atoms with Gasteiger partial charge in [-0.25, -0.2) is 4.39 Å². The van der Waals surface area contributed by atoms with E-state index in [-0.39, 0.29) is 11.5 Å². The van der Waals surface area contributed by atoms with E-state index in [1.54, 1.807) is 6.92 Å². The molecule has 1 aromatic heterocycles. The molecule has 0 fully saturated rings. The highest BCUT2D eigenvalue weighted by Crippen LogP contribution is 2.05. The van der Waals surface area contributed by atoms with E-state index in [1.165, 1.54) is 12.1 Å². The molecule has 0 aliphatic rings. The van der Waals surface area contributed by atoms with Crippen molar-refractivity contribution >= 4 is 17.4 Å².